The van der Waals surface area contributed by atoms with Crippen LogP contribution in [0, 0.1) is 0 Å². The van der Waals surface area contributed by atoms with Gasteiger partial charge in [-0.05, 0) is 41.3 Å². The van der Waals surface area contributed by atoms with E-state index in [2.05, 4.69) is 0 Å². The van der Waals surface area contributed by atoms with E-state index < -0.39 is 14.1 Å². The summed E-state index contributed by atoms with van der Waals surface area (Å²) in [7, 11) is -3.21. The van der Waals surface area contributed by atoms with Gasteiger partial charge in [0.25, 0.3) is 0 Å². The third kappa shape index (κ3) is 14.0. The summed E-state index contributed by atoms with van der Waals surface area (Å²) < 4.78 is 23.7. The van der Waals surface area contributed by atoms with Crippen LogP contribution in [0.2, 0.25) is 0 Å². The smallest absolute Gasteiger partial charge is 0.391 e. The predicted molar refractivity (Wildman–Crippen MR) is 58.6 cm³/mol. The molecule has 0 heterocycles. The molecule has 1 N–H and O–H groups in total. The van der Waals surface area contributed by atoms with E-state index in [0.717, 1.165) is 0 Å². The molecule has 0 spiro atoms. The molecule has 0 atom stereocenters. The molecule has 0 aromatic heterocycles. The van der Waals surface area contributed by atoms with Crippen LogP contribution in [0.4, 0.5) is 8.39 Å². The van der Waals surface area contributed by atoms with Gasteiger partial charge in [-0.25, -0.2) is 0 Å². The average Bonchev–Trinajstić information content (AvgIpc) is 2.03. The van der Waals surface area contributed by atoms with Crippen molar-refractivity contribution in [2.24, 2.45) is 0 Å². The standard InChI is InChI=1S/C6H5F2P.C4H10O.Cu/c7-9(8)6-4-2-1-3-5-6;1-4(2,3)5;/h1-5H;5H,1-3H3;/p+1. The maximum atomic E-state index is 11.9. The van der Waals surface area contributed by atoms with Crippen molar-refractivity contribution in [3.8, 4) is 0 Å². The topological polar surface area (TPSA) is 20.2 Å². The zero-order valence-electron chi connectivity index (χ0n) is 8.89. The Kier molecular flexibility index (Phi) is 9.48. The summed E-state index contributed by atoms with van der Waals surface area (Å²) in [6, 6.07) is 7.88. The average molecular weight is 285 g/mol. The second-order valence-corrected chi connectivity index (χ2v) is 4.90. The van der Waals surface area contributed by atoms with Crippen LogP contribution in [-0.2, 0) is 17.1 Å². The van der Waals surface area contributed by atoms with Crippen molar-refractivity contribution in [2.75, 3.05) is 0 Å². The first-order chi connectivity index (χ1) is 6.30. The van der Waals surface area contributed by atoms with Gasteiger partial charge in [0.05, 0.1) is 5.60 Å². The SMILES string of the molecule is CC(C)(C)O.F[PH+](F)c1ccccc1.[Cu]. The van der Waals surface area contributed by atoms with Crippen molar-refractivity contribution < 1.29 is 30.6 Å². The van der Waals surface area contributed by atoms with Gasteiger partial charge in [-0.2, -0.15) is 0 Å². The Morgan fingerprint density at radius 2 is 1.40 bits per heavy atom. The second-order valence-electron chi connectivity index (χ2n) is 3.80. The zero-order valence-corrected chi connectivity index (χ0v) is 10.8. The van der Waals surface area contributed by atoms with Crippen LogP contribution < -0.4 is 5.30 Å². The first-order valence-electron chi connectivity index (χ1n) is 4.26. The maximum absolute atomic E-state index is 11.9. The van der Waals surface area contributed by atoms with Gasteiger partial charge >= 0.3 is 8.54 Å². The molecule has 0 saturated heterocycles. The van der Waals surface area contributed by atoms with E-state index in [1.807, 2.05) is 0 Å². The fraction of sp³-hybridized carbons (Fsp3) is 0.400. The molecule has 0 unspecified atom stereocenters. The Morgan fingerprint density at radius 1 is 1.07 bits per heavy atom. The fourth-order valence-corrected chi connectivity index (χ4v) is 1.01. The van der Waals surface area contributed by atoms with E-state index in [1.54, 1.807) is 39.0 Å². The molecule has 0 amide bonds. The molecule has 0 fully saturated rings. The van der Waals surface area contributed by atoms with Crippen molar-refractivity contribution >= 4 is 13.8 Å². The Hall–Kier alpha value is -0.0105. The Bertz CT molecular complexity index is 243. The third-order valence-corrected chi connectivity index (χ3v) is 1.76. The summed E-state index contributed by atoms with van der Waals surface area (Å²) in [6.45, 7) is 5.23. The molecular formula is C10H16CuF2OP+. The summed E-state index contributed by atoms with van der Waals surface area (Å²) in [5.41, 5.74) is -0.500. The van der Waals surface area contributed by atoms with Crippen LogP contribution in [0.15, 0.2) is 30.3 Å². The minimum absolute atomic E-state index is 0. The van der Waals surface area contributed by atoms with E-state index in [4.69, 9.17) is 5.11 Å². The van der Waals surface area contributed by atoms with Crippen LogP contribution in [0.25, 0.3) is 0 Å². The fourth-order valence-electron chi connectivity index (χ4n) is 0.564. The first-order valence-corrected chi connectivity index (χ1v) is 5.52. The maximum Gasteiger partial charge on any atom is 0.408 e. The van der Waals surface area contributed by atoms with E-state index in [1.165, 1.54) is 12.1 Å². The van der Waals surface area contributed by atoms with Gasteiger partial charge in [0.15, 0.2) is 5.30 Å². The van der Waals surface area contributed by atoms with Crippen LogP contribution >= 0.6 is 8.54 Å². The molecule has 1 aromatic carbocycles. The predicted octanol–water partition coefficient (Wildman–Crippen LogP) is 3.07. The summed E-state index contributed by atoms with van der Waals surface area (Å²) in [6.07, 6.45) is 0. The number of hydrogen-bond acceptors (Lipinski definition) is 1. The number of aliphatic hydroxyl groups is 1. The third-order valence-electron chi connectivity index (χ3n) is 0.992. The summed E-state index contributed by atoms with van der Waals surface area (Å²) in [5, 5.41) is 8.70. The molecule has 0 bridgehead atoms. The Balaban J connectivity index is 0. The first kappa shape index (κ1) is 17.4. The molecule has 0 saturated carbocycles. The number of rotatable bonds is 1. The van der Waals surface area contributed by atoms with Crippen molar-refractivity contribution in [3.05, 3.63) is 30.3 Å². The number of halogens is 2. The molecule has 1 aromatic rings. The van der Waals surface area contributed by atoms with E-state index in [-0.39, 0.29) is 22.4 Å². The van der Waals surface area contributed by atoms with Gasteiger partial charge in [0.2, 0.25) is 0 Å². The molecule has 1 rings (SSSR count). The molecule has 5 heteroatoms. The minimum Gasteiger partial charge on any atom is -0.391 e. The van der Waals surface area contributed by atoms with E-state index in [0.29, 0.717) is 0 Å². The molecule has 0 aliphatic rings. The van der Waals surface area contributed by atoms with Gasteiger partial charge in [0, 0.05) is 17.1 Å². The van der Waals surface area contributed by atoms with Crippen LogP contribution in [0.5, 0.6) is 0 Å². The number of hydrogen-bond donors (Lipinski definition) is 1. The normalized spacial score (nSPS) is 10.1. The molecule has 0 aliphatic carbocycles. The summed E-state index contributed by atoms with van der Waals surface area (Å²) in [5.74, 6) is 0. The van der Waals surface area contributed by atoms with Crippen molar-refractivity contribution in [2.45, 2.75) is 26.4 Å². The monoisotopic (exact) mass is 284 g/mol. The summed E-state index contributed by atoms with van der Waals surface area (Å²) >= 11 is 0. The second kappa shape index (κ2) is 8.18. The van der Waals surface area contributed by atoms with E-state index in [9.17, 15) is 8.39 Å². The Labute approximate surface area is 101 Å². The number of benzene rings is 1. The molecule has 0 aliphatic heterocycles. The quantitative estimate of drug-likeness (QED) is 0.621. The minimum atomic E-state index is -3.21. The Morgan fingerprint density at radius 3 is 1.60 bits per heavy atom. The van der Waals surface area contributed by atoms with Crippen molar-refractivity contribution in [3.63, 3.8) is 0 Å². The molecule has 1 radical (unpaired) electrons. The van der Waals surface area contributed by atoms with Crippen LogP contribution in [0.3, 0.4) is 0 Å². The van der Waals surface area contributed by atoms with Gasteiger partial charge in [0.1, 0.15) is 0 Å². The van der Waals surface area contributed by atoms with Crippen LogP contribution in [0.1, 0.15) is 20.8 Å². The van der Waals surface area contributed by atoms with Gasteiger partial charge in [-0.15, -0.1) is 0 Å². The zero-order chi connectivity index (χ0) is 11.2. The summed E-state index contributed by atoms with van der Waals surface area (Å²) in [4.78, 5) is 0. The van der Waals surface area contributed by atoms with E-state index >= 15 is 0 Å². The molecule has 91 valence electrons. The van der Waals surface area contributed by atoms with Crippen LogP contribution in [-0.4, -0.2) is 10.7 Å². The van der Waals surface area contributed by atoms with Gasteiger partial charge in [-0.1, -0.05) is 18.2 Å². The molecular weight excluding hydrogens is 269 g/mol. The van der Waals surface area contributed by atoms with Gasteiger partial charge < -0.3 is 5.11 Å². The van der Waals surface area contributed by atoms with Crippen molar-refractivity contribution in [1.82, 2.24) is 0 Å². The van der Waals surface area contributed by atoms with Crippen molar-refractivity contribution in [1.29, 1.82) is 0 Å². The molecule has 15 heavy (non-hydrogen) atoms. The van der Waals surface area contributed by atoms with Gasteiger partial charge in [-0.3, -0.25) is 0 Å². The molecule has 1 nitrogen and oxygen atoms in total. The largest absolute Gasteiger partial charge is 0.408 e.